The molecule has 0 saturated carbocycles. The number of H-pyrrole nitrogens is 1. The van der Waals surface area contributed by atoms with E-state index in [1.165, 1.54) is 6.20 Å². The molecule has 70 valence electrons. The molecule has 0 atom stereocenters. The molecule has 5 heteroatoms. The molecule has 0 spiro atoms. The Balaban J connectivity index is 2.67. The number of allylic oxidation sites excluding steroid dienone is 1. The Morgan fingerprint density at radius 3 is 2.86 bits per heavy atom. The van der Waals surface area contributed by atoms with Gasteiger partial charge in [0.1, 0.15) is 29.4 Å². The summed E-state index contributed by atoms with van der Waals surface area (Å²) in [6.45, 7) is 1.98. The van der Waals surface area contributed by atoms with Crippen molar-refractivity contribution >= 4 is 5.82 Å². The number of nitrogens with zero attached hydrogens (tertiary/aromatic N) is 3. The highest BCUT2D eigenvalue weighted by Crippen LogP contribution is 2.04. The number of rotatable bonds is 3. The maximum absolute atomic E-state index is 8.45. The molecular weight excluding hydrogens is 178 g/mol. The van der Waals surface area contributed by atoms with Gasteiger partial charge in [0.2, 0.25) is 0 Å². The molecule has 5 nitrogen and oxygen atoms in total. The summed E-state index contributed by atoms with van der Waals surface area (Å²) in [5, 5.41) is 19.7. The lowest BCUT2D eigenvalue weighted by Crippen LogP contribution is -1.90. The average molecular weight is 187 g/mol. The third-order valence-corrected chi connectivity index (χ3v) is 1.58. The van der Waals surface area contributed by atoms with Crippen molar-refractivity contribution in [3.05, 3.63) is 23.8 Å². The topological polar surface area (TPSA) is 88.3 Å². The van der Waals surface area contributed by atoms with Gasteiger partial charge in [-0.25, -0.2) is 4.98 Å². The number of hydrogen-bond acceptors (Lipinski definition) is 4. The molecule has 0 radical (unpaired) electrons. The zero-order valence-corrected chi connectivity index (χ0v) is 7.70. The van der Waals surface area contributed by atoms with Crippen molar-refractivity contribution in [2.24, 2.45) is 0 Å². The van der Waals surface area contributed by atoms with Crippen molar-refractivity contribution < 1.29 is 0 Å². The molecule has 1 heterocycles. The minimum absolute atomic E-state index is 0.0256. The minimum Gasteiger partial charge on any atom is -0.345 e. The monoisotopic (exact) mass is 187 g/mol. The zero-order valence-electron chi connectivity index (χ0n) is 7.70. The van der Waals surface area contributed by atoms with Crippen LogP contribution in [-0.2, 0) is 6.42 Å². The second-order valence-corrected chi connectivity index (χ2v) is 2.52. The van der Waals surface area contributed by atoms with Crippen molar-refractivity contribution in [3.8, 4) is 12.1 Å². The summed E-state index contributed by atoms with van der Waals surface area (Å²) >= 11 is 0. The predicted octanol–water partition coefficient (Wildman–Crippen LogP) is 1.32. The quantitative estimate of drug-likeness (QED) is 0.698. The first-order valence-electron chi connectivity index (χ1n) is 4.11. The number of nitriles is 2. The molecule has 0 fully saturated rings. The Labute approximate surface area is 81.7 Å². The number of aromatic amines is 1. The molecule has 2 N–H and O–H groups in total. The van der Waals surface area contributed by atoms with Gasteiger partial charge in [0.15, 0.2) is 0 Å². The number of hydrogen-bond donors (Lipinski definition) is 2. The van der Waals surface area contributed by atoms with Gasteiger partial charge >= 0.3 is 0 Å². The van der Waals surface area contributed by atoms with Crippen LogP contribution in [0.4, 0.5) is 5.82 Å². The Morgan fingerprint density at radius 2 is 2.36 bits per heavy atom. The van der Waals surface area contributed by atoms with E-state index in [-0.39, 0.29) is 5.57 Å². The summed E-state index contributed by atoms with van der Waals surface area (Å²) in [5.74, 6) is 1.53. The van der Waals surface area contributed by atoms with E-state index < -0.39 is 0 Å². The molecule has 0 unspecified atom stereocenters. The van der Waals surface area contributed by atoms with Gasteiger partial charge < -0.3 is 10.3 Å². The first kappa shape index (κ1) is 9.82. The van der Waals surface area contributed by atoms with Crippen LogP contribution in [0, 0.1) is 22.7 Å². The first-order valence-corrected chi connectivity index (χ1v) is 4.11. The van der Waals surface area contributed by atoms with Gasteiger partial charge in [-0.3, -0.25) is 0 Å². The van der Waals surface area contributed by atoms with Gasteiger partial charge in [0.05, 0.1) is 6.20 Å². The fraction of sp³-hybridized carbons (Fsp3) is 0.222. The molecule has 1 rings (SSSR count). The van der Waals surface area contributed by atoms with Crippen LogP contribution in [0.5, 0.6) is 0 Å². The predicted molar refractivity (Wildman–Crippen MR) is 50.9 cm³/mol. The maximum Gasteiger partial charge on any atom is 0.145 e. The lowest BCUT2D eigenvalue weighted by Gasteiger charge is -1.93. The zero-order chi connectivity index (χ0) is 10.4. The molecule has 0 aromatic carbocycles. The Morgan fingerprint density at radius 1 is 1.64 bits per heavy atom. The first-order chi connectivity index (χ1) is 6.80. The van der Waals surface area contributed by atoms with Gasteiger partial charge in [-0.1, -0.05) is 6.92 Å². The van der Waals surface area contributed by atoms with Crippen LogP contribution in [0.25, 0.3) is 0 Å². The van der Waals surface area contributed by atoms with Crippen LogP contribution in [0.3, 0.4) is 0 Å². The van der Waals surface area contributed by atoms with E-state index in [1.807, 2.05) is 6.92 Å². The highest BCUT2D eigenvalue weighted by atomic mass is 15.0. The smallest absolute Gasteiger partial charge is 0.145 e. The number of imidazole rings is 1. The molecule has 1 aromatic rings. The lowest BCUT2D eigenvalue weighted by atomic mass is 10.4. The molecule has 0 aliphatic rings. The molecule has 1 aromatic heterocycles. The summed E-state index contributed by atoms with van der Waals surface area (Å²) in [4.78, 5) is 7.03. The largest absolute Gasteiger partial charge is 0.345 e. The van der Waals surface area contributed by atoms with Crippen molar-refractivity contribution in [3.63, 3.8) is 0 Å². The molecule has 0 saturated heterocycles. The Bertz CT molecular complexity index is 399. The van der Waals surface area contributed by atoms with Gasteiger partial charge in [0.25, 0.3) is 0 Å². The van der Waals surface area contributed by atoms with Crippen molar-refractivity contribution in [1.82, 2.24) is 9.97 Å². The Kier molecular flexibility index (Phi) is 3.28. The van der Waals surface area contributed by atoms with Crippen LogP contribution in [0.1, 0.15) is 12.7 Å². The lowest BCUT2D eigenvalue weighted by molar-refractivity contribution is 0.990. The van der Waals surface area contributed by atoms with E-state index in [2.05, 4.69) is 15.3 Å². The number of nitrogens with one attached hydrogen (secondary N) is 2. The summed E-state index contributed by atoms with van der Waals surface area (Å²) in [7, 11) is 0. The number of aromatic nitrogens is 2. The normalized spacial score (nSPS) is 8.50. The molecule has 0 amide bonds. The van der Waals surface area contributed by atoms with Gasteiger partial charge in [-0.15, -0.1) is 0 Å². The van der Waals surface area contributed by atoms with Crippen LogP contribution in [0.15, 0.2) is 18.0 Å². The molecule has 0 bridgehead atoms. The Hall–Kier alpha value is -2.27. The van der Waals surface area contributed by atoms with Crippen molar-refractivity contribution in [2.75, 3.05) is 5.32 Å². The summed E-state index contributed by atoms with van der Waals surface area (Å²) in [6, 6.07) is 3.49. The highest BCUT2D eigenvalue weighted by molar-refractivity contribution is 5.43. The highest BCUT2D eigenvalue weighted by Gasteiger charge is 1.96. The van der Waals surface area contributed by atoms with E-state index in [0.717, 1.165) is 12.2 Å². The standard InChI is InChI=1S/C9H9N5/c1-2-8-13-6-9(14-8)12-5-7(3-10)4-11/h5-6,12H,2H2,1H3,(H,13,14). The van der Waals surface area contributed by atoms with Gasteiger partial charge in [-0.05, 0) is 0 Å². The fourth-order valence-corrected chi connectivity index (χ4v) is 0.855. The van der Waals surface area contributed by atoms with Gasteiger partial charge in [-0.2, -0.15) is 10.5 Å². The average Bonchev–Trinajstić information content (AvgIpc) is 2.67. The summed E-state index contributed by atoms with van der Waals surface area (Å²) in [6.07, 6.45) is 3.77. The SMILES string of the molecule is CCc1ncc(NC=C(C#N)C#N)[nH]1. The minimum atomic E-state index is 0.0256. The molecule has 0 aliphatic heterocycles. The molecule has 14 heavy (non-hydrogen) atoms. The van der Waals surface area contributed by atoms with Crippen molar-refractivity contribution in [2.45, 2.75) is 13.3 Å². The second kappa shape index (κ2) is 4.68. The van der Waals surface area contributed by atoms with Crippen LogP contribution in [0.2, 0.25) is 0 Å². The molecular formula is C9H9N5. The van der Waals surface area contributed by atoms with Crippen LogP contribution >= 0.6 is 0 Å². The fourth-order valence-electron chi connectivity index (χ4n) is 0.855. The van der Waals surface area contributed by atoms with E-state index >= 15 is 0 Å². The summed E-state index contributed by atoms with van der Waals surface area (Å²) in [5.41, 5.74) is 0.0256. The third-order valence-electron chi connectivity index (χ3n) is 1.58. The van der Waals surface area contributed by atoms with Gasteiger partial charge in [0, 0.05) is 12.6 Å². The number of aryl methyl sites for hydroxylation is 1. The number of anilines is 1. The second-order valence-electron chi connectivity index (χ2n) is 2.52. The van der Waals surface area contributed by atoms with Crippen LogP contribution < -0.4 is 5.32 Å². The summed E-state index contributed by atoms with van der Waals surface area (Å²) < 4.78 is 0. The van der Waals surface area contributed by atoms with Crippen molar-refractivity contribution in [1.29, 1.82) is 10.5 Å². The van der Waals surface area contributed by atoms with Crippen LogP contribution in [-0.4, -0.2) is 9.97 Å². The third kappa shape index (κ3) is 2.36. The van der Waals surface area contributed by atoms with E-state index in [0.29, 0.717) is 5.82 Å². The molecule has 0 aliphatic carbocycles. The van der Waals surface area contributed by atoms with E-state index in [4.69, 9.17) is 10.5 Å². The van der Waals surface area contributed by atoms with E-state index in [9.17, 15) is 0 Å². The van der Waals surface area contributed by atoms with E-state index in [1.54, 1.807) is 18.3 Å². The maximum atomic E-state index is 8.45.